The molecule has 2 rings (SSSR count). The summed E-state index contributed by atoms with van der Waals surface area (Å²) in [4.78, 5) is 0. The van der Waals surface area contributed by atoms with Crippen LogP contribution in [0.4, 0.5) is 8.78 Å². The molecule has 0 aliphatic rings. The lowest BCUT2D eigenvalue weighted by Crippen LogP contribution is -2.31. The first kappa shape index (κ1) is 15.1. The molecule has 2 aromatic carbocycles. The first-order valence-electron chi connectivity index (χ1n) is 6.18. The maximum absolute atomic E-state index is 14.1. The third kappa shape index (κ3) is 3.23. The smallest absolute Gasteiger partial charge is 0.145 e. The Labute approximate surface area is 125 Å². The Bertz CT molecular complexity index is 617. The van der Waals surface area contributed by atoms with Crippen LogP contribution in [0.15, 0.2) is 40.9 Å². The van der Waals surface area contributed by atoms with Crippen LogP contribution < -0.4 is 11.3 Å². The standard InChI is InChI=1S/C15H15BrF2N2/c1-9-3-2-4-10(7-9)8-13(20-19)14-12(17)6-5-11(16)15(14)18/h2-7,13,20H,8,19H2,1H3. The second-order valence-electron chi connectivity index (χ2n) is 4.67. The van der Waals surface area contributed by atoms with Crippen molar-refractivity contribution in [2.75, 3.05) is 0 Å². The molecule has 0 saturated carbocycles. The van der Waals surface area contributed by atoms with E-state index in [-0.39, 0.29) is 10.0 Å². The molecule has 0 heterocycles. The Hall–Kier alpha value is -1.30. The number of benzene rings is 2. The van der Waals surface area contributed by atoms with Gasteiger partial charge in [-0.2, -0.15) is 0 Å². The van der Waals surface area contributed by atoms with Gasteiger partial charge in [-0.25, -0.2) is 8.78 Å². The van der Waals surface area contributed by atoms with E-state index in [4.69, 9.17) is 5.84 Å². The van der Waals surface area contributed by atoms with Crippen LogP contribution in [0.25, 0.3) is 0 Å². The highest BCUT2D eigenvalue weighted by Gasteiger charge is 2.21. The van der Waals surface area contributed by atoms with Gasteiger partial charge in [0, 0.05) is 5.56 Å². The lowest BCUT2D eigenvalue weighted by molar-refractivity contribution is 0.470. The largest absolute Gasteiger partial charge is 0.271 e. The van der Waals surface area contributed by atoms with Crippen molar-refractivity contribution in [3.05, 3.63) is 69.2 Å². The molecule has 0 radical (unpaired) electrons. The average Bonchev–Trinajstić information content (AvgIpc) is 2.42. The molecule has 0 aliphatic heterocycles. The number of hydrazine groups is 1. The van der Waals surface area contributed by atoms with Crippen molar-refractivity contribution in [1.82, 2.24) is 5.43 Å². The summed E-state index contributed by atoms with van der Waals surface area (Å²) in [5, 5.41) is 0. The predicted molar refractivity (Wildman–Crippen MR) is 79.0 cm³/mol. The molecule has 2 nitrogen and oxygen atoms in total. The van der Waals surface area contributed by atoms with Crippen LogP contribution in [0.1, 0.15) is 22.7 Å². The van der Waals surface area contributed by atoms with Crippen molar-refractivity contribution in [1.29, 1.82) is 0 Å². The molecular weight excluding hydrogens is 326 g/mol. The molecular formula is C15H15BrF2N2. The summed E-state index contributed by atoms with van der Waals surface area (Å²) in [5.41, 5.74) is 4.50. The van der Waals surface area contributed by atoms with Crippen LogP contribution in [-0.4, -0.2) is 0 Å². The third-order valence-electron chi connectivity index (χ3n) is 3.15. The molecule has 0 fully saturated rings. The molecule has 3 N–H and O–H groups in total. The molecule has 0 aliphatic carbocycles. The van der Waals surface area contributed by atoms with Gasteiger partial charge in [0.15, 0.2) is 0 Å². The SMILES string of the molecule is Cc1cccc(CC(NN)c2c(F)ccc(Br)c2F)c1. The molecule has 1 atom stereocenters. The van der Waals surface area contributed by atoms with Gasteiger partial charge in [-0.15, -0.1) is 0 Å². The molecule has 5 heteroatoms. The lowest BCUT2D eigenvalue weighted by atomic mass is 9.97. The fraction of sp³-hybridized carbons (Fsp3) is 0.200. The van der Waals surface area contributed by atoms with Gasteiger partial charge in [0.1, 0.15) is 11.6 Å². The Kier molecular flexibility index (Phi) is 4.86. The number of halogens is 3. The van der Waals surface area contributed by atoms with E-state index in [1.165, 1.54) is 12.1 Å². The number of hydrogen-bond acceptors (Lipinski definition) is 2. The van der Waals surface area contributed by atoms with E-state index in [1.807, 2.05) is 31.2 Å². The Morgan fingerprint density at radius 2 is 2.00 bits per heavy atom. The van der Waals surface area contributed by atoms with E-state index in [1.54, 1.807) is 0 Å². The molecule has 2 aromatic rings. The van der Waals surface area contributed by atoms with Gasteiger partial charge >= 0.3 is 0 Å². The van der Waals surface area contributed by atoms with Crippen molar-refractivity contribution in [2.45, 2.75) is 19.4 Å². The fourth-order valence-electron chi connectivity index (χ4n) is 2.18. The number of rotatable bonds is 4. The molecule has 1 unspecified atom stereocenters. The van der Waals surface area contributed by atoms with Gasteiger partial charge in [0.25, 0.3) is 0 Å². The van der Waals surface area contributed by atoms with Crippen molar-refractivity contribution in [2.24, 2.45) is 5.84 Å². The minimum atomic E-state index is -0.630. The van der Waals surface area contributed by atoms with Crippen LogP contribution in [0.3, 0.4) is 0 Å². The summed E-state index contributed by atoms with van der Waals surface area (Å²) in [6.07, 6.45) is 0.405. The summed E-state index contributed by atoms with van der Waals surface area (Å²) in [7, 11) is 0. The van der Waals surface area contributed by atoms with Gasteiger partial charge in [0.2, 0.25) is 0 Å². The number of aryl methyl sites for hydroxylation is 1. The fourth-order valence-corrected chi connectivity index (χ4v) is 2.53. The zero-order chi connectivity index (χ0) is 14.7. The predicted octanol–water partition coefficient (Wildman–Crippen LogP) is 3.78. The normalized spacial score (nSPS) is 12.4. The van der Waals surface area contributed by atoms with Crippen LogP contribution in [0.5, 0.6) is 0 Å². The van der Waals surface area contributed by atoms with Crippen molar-refractivity contribution < 1.29 is 8.78 Å². The minimum absolute atomic E-state index is 0.0524. The average molecular weight is 341 g/mol. The summed E-state index contributed by atoms with van der Waals surface area (Å²) >= 11 is 3.06. The zero-order valence-corrected chi connectivity index (χ0v) is 12.5. The van der Waals surface area contributed by atoms with Crippen LogP contribution >= 0.6 is 15.9 Å². The first-order chi connectivity index (χ1) is 9.52. The van der Waals surface area contributed by atoms with E-state index < -0.39 is 17.7 Å². The van der Waals surface area contributed by atoms with E-state index in [9.17, 15) is 8.78 Å². The number of nitrogens with two attached hydrogens (primary N) is 1. The Morgan fingerprint density at radius 1 is 1.25 bits per heavy atom. The third-order valence-corrected chi connectivity index (χ3v) is 3.76. The van der Waals surface area contributed by atoms with E-state index in [2.05, 4.69) is 21.4 Å². The monoisotopic (exact) mass is 340 g/mol. The summed E-state index contributed by atoms with van der Waals surface area (Å²) in [6.45, 7) is 1.97. The number of hydrogen-bond donors (Lipinski definition) is 2. The molecule has 106 valence electrons. The first-order valence-corrected chi connectivity index (χ1v) is 6.97. The van der Waals surface area contributed by atoms with Gasteiger partial charge in [-0.1, -0.05) is 29.8 Å². The second-order valence-corrected chi connectivity index (χ2v) is 5.52. The van der Waals surface area contributed by atoms with E-state index in [0.717, 1.165) is 11.1 Å². The van der Waals surface area contributed by atoms with Gasteiger partial charge in [0.05, 0.1) is 10.5 Å². The zero-order valence-electron chi connectivity index (χ0n) is 11.0. The minimum Gasteiger partial charge on any atom is -0.271 e. The summed E-state index contributed by atoms with van der Waals surface area (Å²) < 4.78 is 28.2. The van der Waals surface area contributed by atoms with E-state index in [0.29, 0.717) is 6.42 Å². The van der Waals surface area contributed by atoms with Crippen LogP contribution in [-0.2, 0) is 6.42 Å². The quantitative estimate of drug-likeness (QED) is 0.505. The molecule has 0 spiro atoms. The lowest BCUT2D eigenvalue weighted by Gasteiger charge is -2.18. The van der Waals surface area contributed by atoms with E-state index >= 15 is 0 Å². The maximum Gasteiger partial charge on any atom is 0.145 e. The Balaban J connectivity index is 2.36. The molecule has 0 aromatic heterocycles. The molecule has 0 saturated heterocycles. The highest BCUT2D eigenvalue weighted by molar-refractivity contribution is 9.10. The van der Waals surface area contributed by atoms with Crippen molar-refractivity contribution >= 4 is 15.9 Å². The van der Waals surface area contributed by atoms with Crippen molar-refractivity contribution in [3.63, 3.8) is 0 Å². The van der Waals surface area contributed by atoms with Crippen molar-refractivity contribution in [3.8, 4) is 0 Å². The highest BCUT2D eigenvalue weighted by atomic mass is 79.9. The second kappa shape index (κ2) is 6.43. The molecule has 0 amide bonds. The van der Waals surface area contributed by atoms with Gasteiger partial charge in [-0.05, 0) is 47.0 Å². The Morgan fingerprint density at radius 3 is 2.65 bits per heavy atom. The molecule has 20 heavy (non-hydrogen) atoms. The molecule has 0 bridgehead atoms. The highest BCUT2D eigenvalue weighted by Crippen LogP contribution is 2.28. The summed E-state index contributed by atoms with van der Waals surface area (Å²) in [5.74, 6) is 4.25. The summed E-state index contributed by atoms with van der Waals surface area (Å²) in [6, 6.07) is 9.69. The van der Waals surface area contributed by atoms with Gasteiger partial charge in [-0.3, -0.25) is 11.3 Å². The van der Waals surface area contributed by atoms with Crippen LogP contribution in [0.2, 0.25) is 0 Å². The van der Waals surface area contributed by atoms with Crippen LogP contribution in [0, 0.1) is 18.6 Å². The number of nitrogens with one attached hydrogen (secondary N) is 1. The topological polar surface area (TPSA) is 38.0 Å². The maximum atomic E-state index is 14.1. The van der Waals surface area contributed by atoms with Gasteiger partial charge < -0.3 is 0 Å².